The lowest BCUT2D eigenvalue weighted by Crippen LogP contribution is -2.38. The van der Waals surface area contributed by atoms with E-state index in [-0.39, 0.29) is 24.0 Å². The zero-order valence-electron chi connectivity index (χ0n) is 12.5. The molecule has 114 valence electrons. The molecule has 2 saturated carbocycles. The largest absolute Gasteiger partial charge is 0.371 e. The minimum atomic E-state index is -0.0348. The molecule has 0 spiro atoms. The Balaban J connectivity index is 1.38. The minimum absolute atomic E-state index is 0.0348. The van der Waals surface area contributed by atoms with Crippen molar-refractivity contribution in [2.24, 2.45) is 17.8 Å². The lowest BCUT2D eigenvalue weighted by atomic mass is 10.0. The summed E-state index contributed by atoms with van der Waals surface area (Å²) in [5.41, 5.74) is 1.08. The molecule has 5 heteroatoms. The first kappa shape index (κ1) is 13.3. The molecule has 0 radical (unpaired) electrons. The highest BCUT2D eigenvalue weighted by molar-refractivity contribution is 5.82. The number of amides is 1. The van der Waals surface area contributed by atoms with Crippen molar-refractivity contribution >= 4 is 5.91 Å². The van der Waals surface area contributed by atoms with Crippen molar-refractivity contribution in [2.45, 2.75) is 51.3 Å². The van der Waals surface area contributed by atoms with Gasteiger partial charge in [-0.25, -0.2) is 0 Å². The number of hydrogen-bond acceptors (Lipinski definition) is 3. The van der Waals surface area contributed by atoms with Crippen LogP contribution in [0.2, 0.25) is 0 Å². The Morgan fingerprint density at radius 3 is 3.05 bits per heavy atom. The summed E-state index contributed by atoms with van der Waals surface area (Å²) >= 11 is 0. The maximum absolute atomic E-state index is 12.4. The molecular weight excluding hydrogens is 266 g/mol. The van der Waals surface area contributed by atoms with Gasteiger partial charge in [0.25, 0.3) is 0 Å². The van der Waals surface area contributed by atoms with E-state index in [0.29, 0.717) is 12.5 Å². The van der Waals surface area contributed by atoms with Crippen LogP contribution in [0.5, 0.6) is 0 Å². The number of nitrogens with one attached hydrogen (secondary N) is 1. The van der Waals surface area contributed by atoms with Gasteiger partial charge in [0.2, 0.25) is 5.91 Å². The van der Waals surface area contributed by atoms with Gasteiger partial charge in [-0.3, -0.25) is 9.48 Å². The Bertz CT molecular complexity index is 537. The molecule has 2 aliphatic carbocycles. The van der Waals surface area contributed by atoms with Crippen molar-refractivity contribution in [3.63, 3.8) is 0 Å². The average Bonchev–Trinajstić information content (AvgIpc) is 3.37. The molecule has 0 aromatic carbocycles. The second kappa shape index (κ2) is 5.13. The van der Waals surface area contributed by atoms with Gasteiger partial charge in [-0.1, -0.05) is 0 Å². The number of nitrogens with zero attached hydrogens (tertiary/aromatic N) is 2. The third-order valence-corrected chi connectivity index (χ3v) is 5.13. The molecule has 2 heterocycles. The van der Waals surface area contributed by atoms with Gasteiger partial charge in [-0.2, -0.15) is 5.10 Å². The molecule has 1 amide bonds. The summed E-state index contributed by atoms with van der Waals surface area (Å²) in [4.78, 5) is 12.4. The summed E-state index contributed by atoms with van der Waals surface area (Å²) in [6.45, 7) is 3.63. The molecule has 21 heavy (non-hydrogen) atoms. The second-order valence-electron chi connectivity index (χ2n) is 6.67. The van der Waals surface area contributed by atoms with Gasteiger partial charge in [0.15, 0.2) is 0 Å². The molecule has 1 aliphatic heterocycles. The first-order valence-electron chi connectivity index (χ1n) is 8.20. The van der Waals surface area contributed by atoms with Gasteiger partial charge in [-0.15, -0.1) is 0 Å². The summed E-state index contributed by atoms with van der Waals surface area (Å²) in [7, 11) is 0. The molecule has 1 N–H and O–H groups in total. The van der Waals surface area contributed by atoms with Crippen LogP contribution >= 0.6 is 0 Å². The van der Waals surface area contributed by atoms with E-state index in [0.717, 1.165) is 30.9 Å². The molecule has 1 aromatic rings. The van der Waals surface area contributed by atoms with Gasteiger partial charge in [-0.05, 0) is 44.4 Å². The molecule has 3 fully saturated rings. The Hall–Kier alpha value is -1.36. The Morgan fingerprint density at radius 1 is 1.48 bits per heavy atom. The van der Waals surface area contributed by atoms with E-state index in [2.05, 4.69) is 17.3 Å². The van der Waals surface area contributed by atoms with E-state index in [1.54, 1.807) is 0 Å². The van der Waals surface area contributed by atoms with Gasteiger partial charge in [0.05, 0.1) is 12.2 Å². The topological polar surface area (TPSA) is 56.1 Å². The van der Waals surface area contributed by atoms with Gasteiger partial charge < -0.3 is 10.1 Å². The summed E-state index contributed by atoms with van der Waals surface area (Å²) < 4.78 is 7.73. The predicted molar refractivity (Wildman–Crippen MR) is 77.5 cm³/mol. The van der Waals surface area contributed by atoms with Crippen molar-refractivity contribution in [3.05, 3.63) is 18.0 Å². The van der Waals surface area contributed by atoms with Crippen LogP contribution in [0.25, 0.3) is 0 Å². The molecule has 0 unspecified atom stereocenters. The highest BCUT2D eigenvalue weighted by Gasteiger charge is 2.51. The van der Waals surface area contributed by atoms with Gasteiger partial charge in [0, 0.05) is 30.8 Å². The maximum Gasteiger partial charge on any atom is 0.223 e. The Labute approximate surface area is 125 Å². The number of hydrogen-bond donors (Lipinski definition) is 1. The molecule has 1 saturated heterocycles. The minimum Gasteiger partial charge on any atom is -0.371 e. The third-order valence-electron chi connectivity index (χ3n) is 5.13. The van der Waals surface area contributed by atoms with Gasteiger partial charge in [0.1, 0.15) is 6.10 Å². The summed E-state index contributed by atoms with van der Waals surface area (Å²) in [6, 6.07) is 0.104. The SMILES string of the molecule is CCn1cc([C@H]2OCC[C@@H]2NC(=O)[C@H]2C[C@@H]2C2CC2)cn1. The summed E-state index contributed by atoms with van der Waals surface area (Å²) in [5, 5.41) is 7.54. The molecule has 4 atom stereocenters. The van der Waals surface area contributed by atoms with E-state index >= 15 is 0 Å². The molecule has 3 aliphatic rings. The lowest BCUT2D eigenvalue weighted by molar-refractivity contribution is -0.123. The predicted octanol–water partition coefficient (Wildman–Crippen LogP) is 1.90. The third kappa shape index (κ3) is 2.59. The molecule has 5 nitrogen and oxygen atoms in total. The smallest absolute Gasteiger partial charge is 0.223 e. The fourth-order valence-electron chi connectivity index (χ4n) is 3.62. The number of aromatic nitrogens is 2. The van der Waals surface area contributed by atoms with Crippen molar-refractivity contribution in [1.29, 1.82) is 0 Å². The van der Waals surface area contributed by atoms with E-state index < -0.39 is 0 Å². The summed E-state index contributed by atoms with van der Waals surface area (Å²) in [5.74, 6) is 2.04. The molecular formula is C16H23N3O2. The van der Waals surface area contributed by atoms with Crippen LogP contribution in [0.4, 0.5) is 0 Å². The number of ether oxygens (including phenoxy) is 1. The van der Waals surface area contributed by atoms with Crippen LogP contribution < -0.4 is 5.32 Å². The van der Waals surface area contributed by atoms with Crippen molar-refractivity contribution in [3.8, 4) is 0 Å². The quantitative estimate of drug-likeness (QED) is 0.900. The first-order chi connectivity index (χ1) is 10.3. The monoisotopic (exact) mass is 289 g/mol. The standard InChI is InChI=1S/C16H23N3O2/c1-2-19-9-11(8-17-19)15-14(5-6-21-15)18-16(20)13-7-12(13)10-3-4-10/h8-10,12-15H,2-7H2,1H3,(H,18,20)/t12-,13+,14+,15-/m1/s1. The van der Waals surface area contributed by atoms with Crippen molar-refractivity contribution in [1.82, 2.24) is 15.1 Å². The zero-order chi connectivity index (χ0) is 14.4. The Kier molecular flexibility index (Phi) is 3.25. The van der Waals surface area contributed by atoms with Crippen LogP contribution in [0.3, 0.4) is 0 Å². The fourth-order valence-corrected chi connectivity index (χ4v) is 3.62. The van der Waals surface area contributed by atoms with Crippen molar-refractivity contribution < 1.29 is 9.53 Å². The van der Waals surface area contributed by atoms with Crippen LogP contribution in [-0.4, -0.2) is 28.3 Å². The summed E-state index contributed by atoms with van der Waals surface area (Å²) in [6.07, 6.45) is 8.52. The highest BCUT2D eigenvalue weighted by Crippen LogP contribution is 2.54. The Morgan fingerprint density at radius 2 is 2.33 bits per heavy atom. The molecule has 1 aromatic heterocycles. The fraction of sp³-hybridized carbons (Fsp3) is 0.750. The highest BCUT2D eigenvalue weighted by atomic mass is 16.5. The van der Waals surface area contributed by atoms with E-state index in [9.17, 15) is 4.79 Å². The first-order valence-corrected chi connectivity index (χ1v) is 8.20. The maximum atomic E-state index is 12.4. The number of carbonyl (C=O) groups is 1. The van der Waals surface area contributed by atoms with Crippen LogP contribution in [-0.2, 0) is 16.1 Å². The normalized spacial score (nSPS) is 34.9. The van der Waals surface area contributed by atoms with E-state index in [1.807, 2.05) is 17.1 Å². The van der Waals surface area contributed by atoms with E-state index in [4.69, 9.17) is 4.74 Å². The number of rotatable bonds is 5. The number of carbonyl (C=O) groups excluding carboxylic acids is 1. The zero-order valence-corrected chi connectivity index (χ0v) is 12.5. The lowest BCUT2D eigenvalue weighted by Gasteiger charge is -2.19. The second-order valence-corrected chi connectivity index (χ2v) is 6.67. The van der Waals surface area contributed by atoms with Crippen LogP contribution in [0.1, 0.15) is 44.3 Å². The molecule has 0 bridgehead atoms. The van der Waals surface area contributed by atoms with Gasteiger partial charge >= 0.3 is 0 Å². The van der Waals surface area contributed by atoms with Crippen LogP contribution in [0.15, 0.2) is 12.4 Å². The molecule has 4 rings (SSSR count). The van der Waals surface area contributed by atoms with E-state index in [1.165, 1.54) is 12.8 Å². The average molecular weight is 289 g/mol. The van der Waals surface area contributed by atoms with Crippen molar-refractivity contribution in [2.75, 3.05) is 6.61 Å². The van der Waals surface area contributed by atoms with Crippen LogP contribution in [0, 0.1) is 17.8 Å². The number of aryl methyl sites for hydroxylation is 1.